The molecule has 3 heterocycles. The minimum absolute atomic E-state index is 0.152. The van der Waals surface area contributed by atoms with Gasteiger partial charge < -0.3 is 4.42 Å². The largest absolute Gasteiger partial charge is 0.459 e. The second-order valence-electron chi connectivity index (χ2n) is 5.23. The van der Waals surface area contributed by atoms with Crippen molar-refractivity contribution in [2.75, 3.05) is 5.43 Å². The van der Waals surface area contributed by atoms with Gasteiger partial charge in [0.2, 0.25) is 0 Å². The molecule has 0 atom stereocenters. The molecule has 4 rings (SSSR count). The van der Waals surface area contributed by atoms with Crippen molar-refractivity contribution in [3.8, 4) is 0 Å². The smallest absolute Gasteiger partial charge is 0.305 e. The third-order valence-electron chi connectivity index (χ3n) is 3.84. The van der Waals surface area contributed by atoms with E-state index in [4.69, 9.17) is 4.42 Å². The highest BCUT2D eigenvalue weighted by molar-refractivity contribution is 7.18. The number of rotatable bonds is 2. The number of nitrogens with one attached hydrogen (secondary N) is 1. The lowest BCUT2D eigenvalue weighted by Crippen LogP contribution is -2.33. The van der Waals surface area contributed by atoms with Crippen molar-refractivity contribution >= 4 is 27.5 Å². The number of aryl methyl sites for hydroxylation is 2. The number of carbonyl (C=O) groups excluding carboxylic acids is 1. The molecule has 0 bridgehead atoms. The highest BCUT2D eigenvalue weighted by atomic mass is 32.1. The predicted octanol–water partition coefficient (Wildman–Crippen LogP) is 2.31. The summed E-state index contributed by atoms with van der Waals surface area (Å²) in [7, 11) is 0. The Morgan fingerprint density at radius 1 is 1.36 bits per heavy atom. The summed E-state index contributed by atoms with van der Waals surface area (Å²) in [6.07, 6.45) is 6.92. The summed E-state index contributed by atoms with van der Waals surface area (Å²) in [5, 5.41) is 0.641. The molecule has 0 saturated heterocycles. The monoisotopic (exact) mass is 315 g/mol. The Labute approximate surface area is 129 Å². The lowest BCUT2D eigenvalue weighted by Gasteiger charge is -2.10. The second-order valence-corrected chi connectivity index (χ2v) is 6.31. The van der Waals surface area contributed by atoms with E-state index in [0.717, 1.165) is 40.8 Å². The summed E-state index contributed by atoms with van der Waals surface area (Å²) in [4.78, 5) is 31.0. The van der Waals surface area contributed by atoms with Crippen LogP contribution in [0.25, 0.3) is 10.2 Å². The molecule has 22 heavy (non-hydrogen) atoms. The van der Waals surface area contributed by atoms with E-state index >= 15 is 0 Å². The first-order chi connectivity index (χ1) is 10.7. The first-order valence-corrected chi connectivity index (χ1v) is 7.92. The molecule has 0 aromatic carbocycles. The number of furan rings is 1. The van der Waals surface area contributed by atoms with E-state index in [1.165, 1.54) is 17.5 Å². The molecule has 0 aliphatic heterocycles. The van der Waals surface area contributed by atoms with Gasteiger partial charge in [-0.3, -0.25) is 15.0 Å². The average molecular weight is 315 g/mol. The standard InChI is InChI=1S/C15H13N3O3S/c19-13(10-5-3-7-21-10)17-18-8-16-14-12(15(18)20)9-4-1-2-6-11(9)22-14/h3,5,7-8H,1-2,4,6H2,(H,17,19). The van der Waals surface area contributed by atoms with Crippen LogP contribution in [0.2, 0.25) is 0 Å². The fraction of sp³-hybridized carbons (Fsp3) is 0.267. The molecule has 7 heteroatoms. The van der Waals surface area contributed by atoms with Crippen molar-refractivity contribution in [1.29, 1.82) is 0 Å². The maximum absolute atomic E-state index is 12.7. The Kier molecular flexibility index (Phi) is 3.07. The summed E-state index contributed by atoms with van der Waals surface area (Å²) in [6.45, 7) is 0. The lowest BCUT2D eigenvalue weighted by molar-refractivity contribution is 0.0980. The van der Waals surface area contributed by atoms with Gasteiger partial charge in [0.25, 0.3) is 5.56 Å². The molecule has 3 aromatic heterocycles. The topological polar surface area (TPSA) is 77.1 Å². The Bertz CT molecular complexity index is 908. The minimum Gasteiger partial charge on any atom is -0.459 e. The fourth-order valence-electron chi connectivity index (χ4n) is 2.80. The molecule has 1 N–H and O–H groups in total. The Morgan fingerprint density at radius 2 is 2.23 bits per heavy atom. The summed E-state index contributed by atoms with van der Waals surface area (Å²) in [5.74, 6) is -0.323. The van der Waals surface area contributed by atoms with Gasteiger partial charge in [0.15, 0.2) is 5.76 Å². The minimum atomic E-state index is -0.475. The summed E-state index contributed by atoms with van der Waals surface area (Å²) >= 11 is 1.58. The van der Waals surface area contributed by atoms with Gasteiger partial charge in [-0.05, 0) is 43.4 Å². The highest BCUT2D eigenvalue weighted by Crippen LogP contribution is 2.33. The van der Waals surface area contributed by atoms with E-state index in [2.05, 4.69) is 10.4 Å². The number of thiophene rings is 1. The van der Waals surface area contributed by atoms with Gasteiger partial charge in [0.1, 0.15) is 11.2 Å². The molecule has 0 saturated carbocycles. The molecule has 3 aromatic rings. The summed E-state index contributed by atoms with van der Waals surface area (Å²) < 4.78 is 6.16. The van der Waals surface area contributed by atoms with Crippen LogP contribution < -0.4 is 11.0 Å². The molecule has 0 radical (unpaired) electrons. The third-order valence-corrected chi connectivity index (χ3v) is 5.04. The van der Waals surface area contributed by atoms with Crippen LogP contribution in [0.15, 0.2) is 33.9 Å². The van der Waals surface area contributed by atoms with E-state index in [1.54, 1.807) is 23.5 Å². The zero-order valence-corrected chi connectivity index (χ0v) is 12.5. The van der Waals surface area contributed by atoms with Crippen molar-refractivity contribution < 1.29 is 9.21 Å². The number of fused-ring (bicyclic) bond motifs is 3. The van der Waals surface area contributed by atoms with Gasteiger partial charge in [0.05, 0.1) is 11.6 Å². The van der Waals surface area contributed by atoms with Crippen LogP contribution in [0.4, 0.5) is 0 Å². The molecule has 112 valence electrons. The van der Waals surface area contributed by atoms with Crippen LogP contribution in [0, 0.1) is 0 Å². The van der Waals surface area contributed by atoms with Crippen LogP contribution in [-0.2, 0) is 12.8 Å². The number of carbonyl (C=O) groups is 1. The normalized spacial score (nSPS) is 14.0. The zero-order chi connectivity index (χ0) is 15.1. The van der Waals surface area contributed by atoms with Crippen molar-refractivity contribution in [3.05, 3.63) is 51.3 Å². The quantitative estimate of drug-likeness (QED) is 0.787. The second kappa shape index (κ2) is 5.10. The summed E-state index contributed by atoms with van der Waals surface area (Å²) in [5.41, 5.74) is 3.39. The Morgan fingerprint density at radius 3 is 3.05 bits per heavy atom. The van der Waals surface area contributed by atoms with Crippen molar-refractivity contribution in [3.63, 3.8) is 0 Å². The fourth-order valence-corrected chi connectivity index (χ4v) is 4.02. The maximum Gasteiger partial charge on any atom is 0.305 e. The van der Waals surface area contributed by atoms with Gasteiger partial charge in [-0.25, -0.2) is 9.66 Å². The van der Waals surface area contributed by atoms with Crippen LogP contribution in [-0.4, -0.2) is 15.6 Å². The molecule has 1 aliphatic rings. The number of nitrogens with zero attached hydrogens (tertiary/aromatic N) is 2. The molecule has 1 aliphatic carbocycles. The Balaban J connectivity index is 1.78. The SMILES string of the molecule is O=C(Nn1cnc2sc3c(c2c1=O)CCCC3)c1ccco1. The van der Waals surface area contributed by atoms with Gasteiger partial charge in [-0.1, -0.05) is 0 Å². The molecule has 1 amide bonds. The number of hydrogen-bond acceptors (Lipinski definition) is 5. The van der Waals surface area contributed by atoms with E-state index in [1.807, 2.05) is 0 Å². The zero-order valence-electron chi connectivity index (χ0n) is 11.7. The molecular weight excluding hydrogens is 302 g/mol. The number of aromatic nitrogens is 2. The average Bonchev–Trinajstić information content (AvgIpc) is 3.17. The first-order valence-electron chi connectivity index (χ1n) is 7.11. The lowest BCUT2D eigenvalue weighted by atomic mass is 9.97. The maximum atomic E-state index is 12.7. The highest BCUT2D eigenvalue weighted by Gasteiger charge is 2.20. The summed E-state index contributed by atoms with van der Waals surface area (Å²) in [6, 6.07) is 3.16. The van der Waals surface area contributed by atoms with Gasteiger partial charge in [-0.15, -0.1) is 11.3 Å². The van der Waals surface area contributed by atoms with Gasteiger partial charge in [-0.2, -0.15) is 0 Å². The Hall–Kier alpha value is -2.41. The van der Waals surface area contributed by atoms with Crippen LogP contribution in [0.5, 0.6) is 0 Å². The first kappa shape index (κ1) is 13.3. The van der Waals surface area contributed by atoms with Crippen LogP contribution >= 0.6 is 11.3 Å². The van der Waals surface area contributed by atoms with Crippen LogP contribution in [0.1, 0.15) is 33.8 Å². The van der Waals surface area contributed by atoms with E-state index in [0.29, 0.717) is 5.39 Å². The number of hydrogen-bond donors (Lipinski definition) is 1. The molecule has 0 unspecified atom stereocenters. The molecular formula is C15H13N3O3S. The number of amides is 1. The van der Waals surface area contributed by atoms with Crippen LogP contribution in [0.3, 0.4) is 0 Å². The van der Waals surface area contributed by atoms with Crippen molar-refractivity contribution in [2.45, 2.75) is 25.7 Å². The van der Waals surface area contributed by atoms with E-state index in [-0.39, 0.29) is 11.3 Å². The van der Waals surface area contributed by atoms with E-state index in [9.17, 15) is 9.59 Å². The predicted molar refractivity (Wildman–Crippen MR) is 82.9 cm³/mol. The van der Waals surface area contributed by atoms with Gasteiger partial charge >= 0.3 is 5.91 Å². The molecule has 0 fully saturated rings. The van der Waals surface area contributed by atoms with E-state index < -0.39 is 5.91 Å². The molecule has 6 nitrogen and oxygen atoms in total. The third kappa shape index (κ3) is 2.05. The van der Waals surface area contributed by atoms with Gasteiger partial charge in [0, 0.05) is 4.88 Å². The van der Waals surface area contributed by atoms with Crippen molar-refractivity contribution in [1.82, 2.24) is 9.66 Å². The molecule has 0 spiro atoms. The van der Waals surface area contributed by atoms with Crippen molar-refractivity contribution in [2.24, 2.45) is 0 Å².